The molecular formula is C26H32FN3O4S. The monoisotopic (exact) mass is 501 g/mol. The molecule has 3 rings (SSSR count). The van der Waals surface area contributed by atoms with Crippen molar-refractivity contribution in [1.82, 2.24) is 5.32 Å². The van der Waals surface area contributed by atoms with Crippen LogP contribution in [0.3, 0.4) is 0 Å². The molecule has 0 heterocycles. The highest BCUT2D eigenvalue weighted by molar-refractivity contribution is 7.86. The number of para-hydroxylation sites is 1. The predicted octanol–water partition coefficient (Wildman–Crippen LogP) is 3.69. The fourth-order valence-electron chi connectivity index (χ4n) is 4.21. The molecule has 0 spiro atoms. The Kier molecular flexibility index (Phi) is 9.54. The van der Waals surface area contributed by atoms with E-state index in [0.29, 0.717) is 11.4 Å². The van der Waals surface area contributed by atoms with Gasteiger partial charge in [-0.1, -0.05) is 37.5 Å². The molecule has 7 nitrogen and oxygen atoms in total. The van der Waals surface area contributed by atoms with Gasteiger partial charge in [-0.2, -0.15) is 0 Å². The molecule has 0 radical (unpaired) electrons. The van der Waals surface area contributed by atoms with Crippen molar-refractivity contribution in [3.05, 3.63) is 59.9 Å². The van der Waals surface area contributed by atoms with Crippen molar-refractivity contribution >= 4 is 39.9 Å². The minimum Gasteiger partial charge on any atom is -0.352 e. The Hall–Kier alpha value is -3.07. The number of hydrogen-bond acceptors (Lipinski definition) is 4. The lowest BCUT2D eigenvalue weighted by Gasteiger charge is -2.32. The molecule has 35 heavy (non-hydrogen) atoms. The van der Waals surface area contributed by atoms with Crippen LogP contribution in [0.25, 0.3) is 0 Å². The van der Waals surface area contributed by atoms with Crippen molar-refractivity contribution in [2.75, 3.05) is 21.7 Å². The van der Waals surface area contributed by atoms with Gasteiger partial charge in [0, 0.05) is 28.2 Å². The number of halogens is 1. The molecule has 2 N–H and O–H groups in total. The molecule has 1 fully saturated rings. The number of rotatable bonds is 9. The third kappa shape index (κ3) is 7.71. The Balaban J connectivity index is 1.68. The first-order chi connectivity index (χ1) is 16.7. The van der Waals surface area contributed by atoms with Crippen molar-refractivity contribution in [1.29, 1.82) is 0 Å². The molecule has 188 valence electrons. The van der Waals surface area contributed by atoms with Gasteiger partial charge in [0.25, 0.3) is 0 Å². The Morgan fingerprint density at radius 3 is 2.34 bits per heavy atom. The van der Waals surface area contributed by atoms with Crippen molar-refractivity contribution in [2.24, 2.45) is 0 Å². The van der Waals surface area contributed by atoms with Gasteiger partial charge in [-0.05, 0) is 62.6 Å². The molecule has 2 atom stereocenters. The maximum atomic E-state index is 13.3. The average molecular weight is 502 g/mol. The fraction of sp³-hybridized carbons (Fsp3) is 0.423. The van der Waals surface area contributed by atoms with E-state index in [1.165, 1.54) is 29.2 Å². The van der Waals surface area contributed by atoms with Gasteiger partial charge < -0.3 is 10.6 Å². The second-order valence-corrected chi connectivity index (χ2v) is 10.3. The van der Waals surface area contributed by atoms with E-state index in [-0.39, 0.29) is 11.9 Å². The molecule has 1 saturated carbocycles. The quantitative estimate of drug-likeness (QED) is 0.548. The number of nitrogens with zero attached hydrogens (tertiary/aromatic N) is 1. The summed E-state index contributed by atoms with van der Waals surface area (Å²) in [6, 6.07) is 11.7. The summed E-state index contributed by atoms with van der Waals surface area (Å²) in [7, 11) is -1.80. The number of benzene rings is 2. The highest BCUT2D eigenvalue weighted by Gasteiger charge is 2.31. The summed E-state index contributed by atoms with van der Waals surface area (Å²) >= 11 is 0. The van der Waals surface area contributed by atoms with Crippen molar-refractivity contribution in [3.8, 4) is 0 Å². The van der Waals surface area contributed by atoms with E-state index in [0.717, 1.165) is 37.7 Å². The topological polar surface area (TPSA) is 95.6 Å². The average Bonchev–Trinajstić information content (AvgIpc) is 2.82. The molecule has 1 aliphatic rings. The third-order valence-corrected chi connectivity index (χ3v) is 7.22. The van der Waals surface area contributed by atoms with Gasteiger partial charge in [-0.3, -0.25) is 23.5 Å². The number of hydrogen-bond donors (Lipinski definition) is 2. The standard InChI is InChI=1S/C26H32FN3O4S/c1-18-8-6-7-11-23(18)30(19(2)26(33)29-21-9-4-3-5-10-21)25(32)17-35(34)16-24(31)28-22-14-12-20(27)13-15-22/h6-8,11-15,19,21H,3-5,9-10,16-17H2,1-2H3,(H,28,31)(H,29,33)/t19-,35+/m1/s1. The normalized spacial score (nSPS) is 15.6. The van der Waals surface area contributed by atoms with Gasteiger partial charge in [0.15, 0.2) is 0 Å². The second-order valence-electron chi connectivity index (χ2n) is 8.85. The fourth-order valence-corrected chi connectivity index (χ4v) is 5.09. The first-order valence-electron chi connectivity index (χ1n) is 11.8. The van der Waals surface area contributed by atoms with Gasteiger partial charge in [-0.15, -0.1) is 0 Å². The van der Waals surface area contributed by atoms with E-state index in [4.69, 9.17) is 0 Å². The minimum atomic E-state index is -1.80. The summed E-state index contributed by atoms with van der Waals surface area (Å²) in [5.41, 5.74) is 1.74. The van der Waals surface area contributed by atoms with Crippen molar-refractivity contribution < 1.29 is 23.0 Å². The number of nitrogens with one attached hydrogen (secondary N) is 2. The highest BCUT2D eigenvalue weighted by atomic mass is 32.2. The lowest BCUT2D eigenvalue weighted by Crippen LogP contribution is -2.52. The number of anilines is 2. The van der Waals surface area contributed by atoms with E-state index in [1.54, 1.807) is 19.1 Å². The maximum Gasteiger partial charge on any atom is 0.243 e. The summed E-state index contributed by atoms with van der Waals surface area (Å²) in [5, 5.41) is 5.60. The first-order valence-corrected chi connectivity index (χ1v) is 13.3. The predicted molar refractivity (Wildman–Crippen MR) is 136 cm³/mol. The molecule has 2 aromatic carbocycles. The zero-order valence-corrected chi connectivity index (χ0v) is 20.9. The van der Waals surface area contributed by atoms with E-state index in [2.05, 4.69) is 10.6 Å². The summed E-state index contributed by atoms with van der Waals surface area (Å²) in [6.45, 7) is 3.50. The molecule has 9 heteroatoms. The Morgan fingerprint density at radius 1 is 1.03 bits per heavy atom. The van der Waals surface area contributed by atoms with Crippen molar-refractivity contribution in [2.45, 2.75) is 58.0 Å². The van der Waals surface area contributed by atoms with Crippen LogP contribution in [0, 0.1) is 12.7 Å². The lowest BCUT2D eigenvalue weighted by atomic mass is 9.95. The van der Waals surface area contributed by atoms with Crippen LogP contribution in [-0.2, 0) is 25.2 Å². The molecule has 2 aromatic rings. The Morgan fingerprint density at radius 2 is 1.69 bits per heavy atom. The number of carbonyl (C=O) groups is 3. The number of amides is 3. The van der Waals surface area contributed by atoms with E-state index >= 15 is 0 Å². The van der Waals surface area contributed by atoms with Crippen LogP contribution in [0.2, 0.25) is 0 Å². The molecule has 0 unspecified atom stereocenters. The minimum absolute atomic E-state index is 0.0943. The Labute approximate surface area is 207 Å². The van der Waals surface area contributed by atoms with Crippen LogP contribution in [0.4, 0.5) is 15.8 Å². The molecule has 0 aromatic heterocycles. The van der Waals surface area contributed by atoms with Crippen LogP contribution >= 0.6 is 0 Å². The number of carbonyl (C=O) groups excluding carboxylic acids is 3. The van der Waals surface area contributed by atoms with Gasteiger partial charge in [0.05, 0.1) is 0 Å². The zero-order valence-electron chi connectivity index (χ0n) is 20.1. The first kappa shape index (κ1) is 26.5. The van der Waals surface area contributed by atoms with E-state index in [9.17, 15) is 23.0 Å². The van der Waals surface area contributed by atoms with Gasteiger partial charge in [0.1, 0.15) is 23.4 Å². The molecule has 0 saturated heterocycles. The smallest absolute Gasteiger partial charge is 0.243 e. The van der Waals surface area contributed by atoms with Gasteiger partial charge in [0.2, 0.25) is 17.7 Å². The summed E-state index contributed by atoms with van der Waals surface area (Å²) in [6.07, 6.45) is 5.14. The van der Waals surface area contributed by atoms with Crippen molar-refractivity contribution in [3.63, 3.8) is 0 Å². The number of aryl methyl sites for hydroxylation is 1. The van der Waals surface area contributed by atoms with Crippen LogP contribution in [0.1, 0.15) is 44.6 Å². The van der Waals surface area contributed by atoms with Crippen LogP contribution < -0.4 is 15.5 Å². The largest absolute Gasteiger partial charge is 0.352 e. The van der Waals surface area contributed by atoms with E-state index in [1.807, 2.05) is 19.1 Å². The molecular weight excluding hydrogens is 469 g/mol. The second kappa shape index (κ2) is 12.6. The summed E-state index contributed by atoms with van der Waals surface area (Å²) < 4.78 is 25.7. The van der Waals surface area contributed by atoms with Crippen LogP contribution in [0.15, 0.2) is 48.5 Å². The molecule has 1 aliphatic carbocycles. The van der Waals surface area contributed by atoms with Crippen LogP contribution in [0.5, 0.6) is 0 Å². The van der Waals surface area contributed by atoms with Gasteiger partial charge in [-0.25, -0.2) is 4.39 Å². The van der Waals surface area contributed by atoms with E-state index < -0.39 is 46.0 Å². The van der Waals surface area contributed by atoms with Gasteiger partial charge >= 0.3 is 0 Å². The molecule has 3 amide bonds. The van der Waals surface area contributed by atoms with Crippen LogP contribution in [-0.4, -0.2) is 45.5 Å². The summed E-state index contributed by atoms with van der Waals surface area (Å²) in [4.78, 5) is 40.0. The summed E-state index contributed by atoms with van der Waals surface area (Å²) in [5.74, 6) is -2.55. The maximum absolute atomic E-state index is 13.3. The lowest BCUT2D eigenvalue weighted by molar-refractivity contribution is -0.126. The highest BCUT2D eigenvalue weighted by Crippen LogP contribution is 2.23. The SMILES string of the molecule is Cc1ccccc1N(C(=O)C[S@@](=O)CC(=O)Nc1ccc(F)cc1)[C@H](C)C(=O)NC1CCCCC1. The third-order valence-electron chi connectivity index (χ3n) is 6.07. The molecule has 0 aliphatic heterocycles. The molecule has 0 bridgehead atoms. The zero-order chi connectivity index (χ0) is 25.4. The Bertz CT molecular complexity index is 1070.